The van der Waals surface area contributed by atoms with Gasteiger partial charge in [-0.1, -0.05) is 24.3 Å². The van der Waals surface area contributed by atoms with E-state index in [1.54, 1.807) is 7.11 Å². The maximum Gasteiger partial charge on any atom is 0.0716 e. The number of hydrogen-bond donors (Lipinski definition) is 1. The Morgan fingerprint density at radius 1 is 1.39 bits per heavy atom. The van der Waals surface area contributed by atoms with Gasteiger partial charge < -0.3 is 10.5 Å². The summed E-state index contributed by atoms with van der Waals surface area (Å²) in [6.07, 6.45) is 2.48. The average Bonchev–Trinajstić information content (AvgIpc) is 2.40. The monoisotopic (exact) mass is 248 g/mol. The zero-order valence-corrected chi connectivity index (χ0v) is 11.4. The van der Waals surface area contributed by atoms with E-state index in [9.17, 15) is 0 Å². The van der Waals surface area contributed by atoms with Crippen LogP contribution < -0.4 is 5.73 Å². The third-order valence-electron chi connectivity index (χ3n) is 3.98. The third kappa shape index (κ3) is 2.74. The van der Waals surface area contributed by atoms with E-state index in [1.165, 1.54) is 24.0 Å². The molecule has 1 aromatic rings. The highest BCUT2D eigenvalue weighted by Gasteiger charge is 2.30. The Labute approximate surface area is 110 Å². The summed E-state index contributed by atoms with van der Waals surface area (Å²) in [5, 5.41) is 0. The van der Waals surface area contributed by atoms with Gasteiger partial charge in [0.25, 0.3) is 0 Å². The van der Waals surface area contributed by atoms with Crippen LogP contribution in [0.15, 0.2) is 24.3 Å². The highest BCUT2D eigenvalue weighted by molar-refractivity contribution is 5.30. The fourth-order valence-electron chi connectivity index (χ4n) is 3.11. The lowest BCUT2D eigenvalue weighted by Crippen LogP contribution is -2.39. The number of hydrogen-bond acceptors (Lipinski definition) is 3. The molecule has 0 aliphatic carbocycles. The van der Waals surface area contributed by atoms with Gasteiger partial charge in [-0.3, -0.25) is 4.90 Å². The fraction of sp³-hybridized carbons (Fsp3) is 0.600. The van der Waals surface area contributed by atoms with Gasteiger partial charge in [-0.2, -0.15) is 0 Å². The van der Waals surface area contributed by atoms with Gasteiger partial charge in [0.2, 0.25) is 0 Å². The Morgan fingerprint density at radius 2 is 2.17 bits per heavy atom. The second-order valence-electron chi connectivity index (χ2n) is 5.20. The zero-order chi connectivity index (χ0) is 13.0. The lowest BCUT2D eigenvalue weighted by Gasteiger charge is -2.40. The first-order valence-electron chi connectivity index (χ1n) is 6.75. The molecule has 0 aromatic heterocycles. The molecule has 2 N–H and O–H groups in total. The summed E-state index contributed by atoms with van der Waals surface area (Å²) in [6, 6.07) is 9.02. The van der Waals surface area contributed by atoms with Crippen LogP contribution in [-0.4, -0.2) is 32.1 Å². The van der Waals surface area contributed by atoms with Crippen LogP contribution in [0.25, 0.3) is 0 Å². The first-order valence-corrected chi connectivity index (χ1v) is 6.75. The number of likely N-dealkylation sites (tertiary alicyclic amines) is 1. The molecule has 1 heterocycles. The molecule has 18 heavy (non-hydrogen) atoms. The predicted octanol–water partition coefficient (Wildman–Crippen LogP) is 2.17. The van der Waals surface area contributed by atoms with Crippen molar-refractivity contribution in [2.45, 2.75) is 25.5 Å². The Balaban J connectivity index is 2.32. The van der Waals surface area contributed by atoms with Crippen molar-refractivity contribution < 1.29 is 4.74 Å². The summed E-state index contributed by atoms with van der Waals surface area (Å²) < 4.78 is 5.31. The van der Waals surface area contributed by atoms with Crippen molar-refractivity contribution in [3.8, 4) is 0 Å². The SMILES string of the molecule is COCc1ccccc1C1C(CN)CCCN1C. The van der Waals surface area contributed by atoms with E-state index in [2.05, 4.69) is 36.2 Å². The Kier molecular flexibility index (Phi) is 4.75. The van der Waals surface area contributed by atoms with Gasteiger partial charge >= 0.3 is 0 Å². The first kappa shape index (κ1) is 13.5. The largest absolute Gasteiger partial charge is 0.380 e. The first-order chi connectivity index (χ1) is 8.77. The quantitative estimate of drug-likeness (QED) is 0.887. The van der Waals surface area contributed by atoms with Gasteiger partial charge in [0, 0.05) is 13.2 Å². The highest BCUT2D eigenvalue weighted by atomic mass is 16.5. The molecular weight excluding hydrogens is 224 g/mol. The third-order valence-corrected chi connectivity index (χ3v) is 3.98. The maximum absolute atomic E-state index is 5.96. The van der Waals surface area contributed by atoms with Gasteiger partial charge in [-0.25, -0.2) is 0 Å². The molecule has 3 heteroatoms. The lowest BCUT2D eigenvalue weighted by molar-refractivity contribution is 0.121. The van der Waals surface area contributed by atoms with E-state index < -0.39 is 0 Å². The fourth-order valence-corrected chi connectivity index (χ4v) is 3.11. The molecule has 100 valence electrons. The zero-order valence-electron chi connectivity index (χ0n) is 11.4. The highest BCUT2D eigenvalue weighted by Crippen LogP contribution is 2.36. The van der Waals surface area contributed by atoms with Gasteiger partial charge in [-0.15, -0.1) is 0 Å². The number of nitrogens with two attached hydrogens (primary N) is 1. The van der Waals surface area contributed by atoms with Crippen molar-refractivity contribution in [1.82, 2.24) is 4.90 Å². The number of methoxy groups -OCH3 is 1. The van der Waals surface area contributed by atoms with Crippen LogP contribution in [0.4, 0.5) is 0 Å². The van der Waals surface area contributed by atoms with Crippen molar-refractivity contribution in [1.29, 1.82) is 0 Å². The van der Waals surface area contributed by atoms with Gasteiger partial charge in [-0.05, 0) is 50.0 Å². The molecule has 3 nitrogen and oxygen atoms in total. The molecule has 0 spiro atoms. The minimum atomic E-state index is 0.440. The molecule has 2 atom stereocenters. The molecule has 1 aliphatic rings. The minimum absolute atomic E-state index is 0.440. The van der Waals surface area contributed by atoms with Crippen molar-refractivity contribution in [3.63, 3.8) is 0 Å². The van der Waals surface area contributed by atoms with E-state index >= 15 is 0 Å². The summed E-state index contributed by atoms with van der Waals surface area (Å²) >= 11 is 0. The van der Waals surface area contributed by atoms with Crippen LogP contribution in [0.2, 0.25) is 0 Å². The molecule has 2 unspecified atom stereocenters. The van der Waals surface area contributed by atoms with Gasteiger partial charge in [0.1, 0.15) is 0 Å². The summed E-state index contributed by atoms with van der Waals surface area (Å²) in [4.78, 5) is 2.44. The predicted molar refractivity (Wildman–Crippen MR) is 74.3 cm³/mol. The smallest absolute Gasteiger partial charge is 0.0716 e. The van der Waals surface area contributed by atoms with Gasteiger partial charge in [0.05, 0.1) is 6.61 Å². The van der Waals surface area contributed by atoms with Crippen molar-refractivity contribution in [2.75, 3.05) is 27.2 Å². The maximum atomic E-state index is 5.96. The Bertz CT molecular complexity index is 381. The summed E-state index contributed by atoms with van der Waals surface area (Å²) in [5.41, 5.74) is 8.63. The van der Waals surface area contributed by atoms with Crippen LogP contribution in [0.1, 0.15) is 30.0 Å². The van der Waals surface area contributed by atoms with E-state index in [1.807, 2.05) is 0 Å². The average molecular weight is 248 g/mol. The van der Waals surface area contributed by atoms with Crippen LogP contribution in [0, 0.1) is 5.92 Å². The van der Waals surface area contributed by atoms with Crippen LogP contribution in [-0.2, 0) is 11.3 Å². The molecular formula is C15H24N2O. The lowest BCUT2D eigenvalue weighted by atomic mass is 9.83. The normalized spacial score (nSPS) is 25.3. The number of benzene rings is 1. The molecule has 0 saturated carbocycles. The minimum Gasteiger partial charge on any atom is -0.380 e. The second-order valence-corrected chi connectivity index (χ2v) is 5.20. The standard InChI is InChI=1S/C15H24N2O/c1-17-9-5-7-12(10-16)15(17)14-8-4-3-6-13(14)11-18-2/h3-4,6,8,12,15H,5,7,9-11,16H2,1-2H3. The van der Waals surface area contributed by atoms with E-state index in [-0.39, 0.29) is 0 Å². The summed E-state index contributed by atoms with van der Waals surface area (Å²) in [7, 11) is 3.96. The number of piperidine rings is 1. The molecule has 1 aromatic carbocycles. The number of ether oxygens (including phenoxy) is 1. The Morgan fingerprint density at radius 3 is 2.89 bits per heavy atom. The number of rotatable bonds is 4. The van der Waals surface area contributed by atoms with E-state index in [0.717, 1.165) is 13.1 Å². The number of nitrogens with zero attached hydrogens (tertiary/aromatic N) is 1. The van der Waals surface area contributed by atoms with Crippen LogP contribution in [0.3, 0.4) is 0 Å². The molecule has 2 rings (SSSR count). The molecule has 1 fully saturated rings. The van der Waals surface area contributed by atoms with Crippen LogP contribution in [0.5, 0.6) is 0 Å². The molecule has 0 radical (unpaired) electrons. The van der Waals surface area contributed by atoms with E-state index in [0.29, 0.717) is 18.6 Å². The van der Waals surface area contributed by atoms with Crippen molar-refractivity contribution in [2.24, 2.45) is 11.7 Å². The Hall–Kier alpha value is -0.900. The molecule has 0 amide bonds. The van der Waals surface area contributed by atoms with Gasteiger partial charge in [0.15, 0.2) is 0 Å². The topological polar surface area (TPSA) is 38.5 Å². The molecule has 1 aliphatic heterocycles. The van der Waals surface area contributed by atoms with Crippen molar-refractivity contribution in [3.05, 3.63) is 35.4 Å². The molecule has 0 bridgehead atoms. The molecule has 1 saturated heterocycles. The second kappa shape index (κ2) is 6.32. The van der Waals surface area contributed by atoms with Crippen molar-refractivity contribution >= 4 is 0 Å². The van der Waals surface area contributed by atoms with Crippen LogP contribution >= 0.6 is 0 Å². The summed E-state index contributed by atoms with van der Waals surface area (Å²) in [5.74, 6) is 0.557. The van der Waals surface area contributed by atoms with E-state index in [4.69, 9.17) is 10.5 Å². The summed E-state index contributed by atoms with van der Waals surface area (Å²) in [6.45, 7) is 2.59.